The molecule has 23 heavy (non-hydrogen) atoms. The number of carbonyl (C=O) groups excluding carboxylic acids is 1. The quantitative estimate of drug-likeness (QED) is 0.693. The Morgan fingerprint density at radius 2 is 2.13 bits per heavy atom. The first-order chi connectivity index (χ1) is 11.0. The molecule has 0 unspecified atom stereocenters. The fraction of sp³-hybridized carbons (Fsp3) is 0.188. The number of hydrogen-bond donors (Lipinski definition) is 2. The zero-order valence-electron chi connectivity index (χ0n) is 12.6. The van der Waals surface area contributed by atoms with Crippen molar-refractivity contribution in [3.05, 3.63) is 46.2 Å². The van der Waals surface area contributed by atoms with Gasteiger partial charge in [0.2, 0.25) is 0 Å². The highest BCUT2D eigenvalue weighted by Crippen LogP contribution is 2.34. The number of nitrogens with one attached hydrogen (secondary N) is 1. The van der Waals surface area contributed by atoms with E-state index >= 15 is 0 Å². The number of pyridine rings is 2. The lowest BCUT2D eigenvalue weighted by Crippen LogP contribution is -2.12. The van der Waals surface area contributed by atoms with Crippen molar-refractivity contribution in [3.63, 3.8) is 0 Å². The highest BCUT2D eigenvalue weighted by Gasteiger charge is 2.19. The average molecular weight is 347 g/mol. The van der Waals surface area contributed by atoms with Crippen molar-refractivity contribution in [1.29, 1.82) is 0 Å². The number of fused-ring (bicyclic) bond motifs is 1. The number of thiophene rings is 1. The van der Waals surface area contributed by atoms with Crippen molar-refractivity contribution in [1.82, 2.24) is 9.97 Å². The Morgan fingerprint density at radius 3 is 2.83 bits per heavy atom. The first-order valence-electron chi connectivity index (χ1n) is 7.08. The molecule has 0 bridgehead atoms. The molecule has 1 amide bonds. The van der Waals surface area contributed by atoms with E-state index in [2.05, 4.69) is 29.1 Å². The number of amides is 1. The van der Waals surface area contributed by atoms with Gasteiger partial charge in [-0.25, -0.2) is 9.97 Å². The number of nitrogens with two attached hydrogens (primary N) is 1. The van der Waals surface area contributed by atoms with Crippen LogP contribution < -0.4 is 11.1 Å². The summed E-state index contributed by atoms with van der Waals surface area (Å²) in [4.78, 5) is 22.2. The summed E-state index contributed by atoms with van der Waals surface area (Å²) in [6, 6.07) is 7.24. The highest BCUT2D eigenvalue weighted by atomic mass is 35.5. The zero-order chi connectivity index (χ0) is 16.6. The van der Waals surface area contributed by atoms with Crippen molar-refractivity contribution in [2.24, 2.45) is 0 Å². The molecule has 118 valence electrons. The summed E-state index contributed by atoms with van der Waals surface area (Å²) in [7, 11) is 0. The Kier molecular flexibility index (Phi) is 4.19. The highest BCUT2D eigenvalue weighted by molar-refractivity contribution is 7.21. The number of carbonyl (C=O) groups is 1. The Bertz CT molecular complexity index is 891. The Labute approximate surface area is 142 Å². The van der Waals surface area contributed by atoms with Crippen LogP contribution in [-0.4, -0.2) is 15.9 Å². The van der Waals surface area contributed by atoms with Gasteiger partial charge in [0.05, 0.1) is 11.4 Å². The van der Waals surface area contributed by atoms with Gasteiger partial charge in [0.15, 0.2) is 5.15 Å². The van der Waals surface area contributed by atoms with Crippen LogP contribution in [-0.2, 0) is 0 Å². The third-order valence-corrected chi connectivity index (χ3v) is 4.84. The average Bonchev–Trinajstić information content (AvgIpc) is 2.86. The van der Waals surface area contributed by atoms with Gasteiger partial charge in [-0.3, -0.25) is 4.79 Å². The summed E-state index contributed by atoms with van der Waals surface area (Å²) in [6.45, 7) is 4.15. The lowest BCUT2D eigenvalue weighted by molar-refractivity contribution is 0.103. The van der Waals surface area contributed by atoms with Crippen molar-refractivity contribution in [2.45, 2.75) is 19.8 Å². The standard InChI is InChI=1S/C16H15ClN4OS/c1-8(2)10-6-5-9-12(18)13(23-16(9)21-10)15(22)20-11-4-3-7-19-14(11)17/h3-8H,18H2,1-2H3,(H,20,22). The predicted molar refractivity (Wildman–Crippen MR) is 95.3 cm³/mol. The van der Waals surface area contributed by atoms with E-state index in [9.17, 15) is 4.79 Å². The second kappa shape index (κ2) is 6.14. The van der Waals surface area contributed by atoms with Crippen molar-refractivity contribution < 1.29 is 4.79 Å². The number of nitrogen functional groups attached to an aromatic ring is 1. The molecule has 3 N–H and O–H groups in total. The van der Waals surface area contributed by atoms with Crippen molar-refractivity contribution in [2.75, 3.05) is 11.1 Å². The molecule has 3 heterocycles. The van der Waals surface area contributed by atoms with Crippen LogP contribution >= 0.6 is 22.9 Å². The topological polar surface area (TPSA) is 80.9 Å². The smallest absolute Gasteiger partial charge is 0.268 e. The van der Waals surface area contributed by atoms with Crippen LogP contribution in [0.15, 0.2) is 30.5 Å². The van der Waals surface area contributed by atoms with Gasteiger partial charge in [0, 0.05) is 17.3 Å². The number of hydrogen-bond acceptors (Lipinski definition) is 5. The molecule has 0 fully saturated rings. The summed E-state index contributed by atoms with van der Waals surface area (Å²) in [5.74, 6) is 0.000646. The molecular formula is C16H15ClN4OS. The molecule has 3 aromatic heterocycles. The van der Waals surface area contributed by atoms with Gasteiger partial charge >= 0.3 is 0 Å². The summed E-state index contributed by atoms with van der Waals surface area (Å²) < 4.78 is 0. The number of halogens is 1. The molecule has 0 saturated heterocycles. The minimum atomic E-state index is -0.313. The zero-order valence-corrected chi connectivity index (χ0v) is 14.2. The molecule has 0 aliphatic carbocycles. The van der Waals surface area contributed by atoms with Gasteiger partial charge in [-0.2, -0.15) is 0 Å². The van der Waals surface area contributed by atoms with Gasteiger partial charge in [-0.05, 0) is 30.2 Å². The van der Waals surface area contributed by atoms with Crippen LogP contribution in [0.4, 0.5) is 11.4 Å². The SMILES string of the molecule is CC(C)c1ccc2c(N)c(C(=O)Nc3cccnc3Cl)sc2n1. The molecule has 7 heteroatoms. The van der Waals surface area contributed by atoms with E-state index in [-0.39, 0.29) is 11.1 Å². The number of aromatic nitrogens is 2. The maximum atomic E-state index is 12.5. The number of rotatable bonds is 3. The van der Waals surface area contributed by atoms with Crippen molar-refractivity contribution in [3.8, 4) is 0 Å². The predicted octanol–water partition coefficient (Wildman–Crippen LogP) is 4.30. The summed E-state index contributed by atoms with van der Waals surface area (Å²) in [5.41, 5.74) is 7.98. The van der Waals surface area contributed by atoms with Gasteiger partial charge in [-0.1, -0.05) is 25.4 Å². The molecule has 0 radical (unpaired) electrons. The third kappa shape index (κ3) is 3.00. The lowest BCUT2D eigenvalue weighted by Gasteiger charge is -2.05. The number of nitrogens with zero attached hydrogens (tertiary/aromatic N) is 2. The van der Waals surface area contributed by atoms with E-state index in [1.54, 1.807) is 18.3 Å². The lowest BCUT2D eigenvalue weighted by atomic mass is 10.1. The molecule has 0 aromatic carbocycles. The Balaban J connectivity index is 1.97. The van der Waals surface area contributed by atoms with Crippen LogP contribution in [0.3, 0.4) is 0 Å². The molecule has 5 nitrogen and oxygen atoms in total. The second-order valence-electron chi connectivity index (χ2n) is 5.38. The van der Waals surface area contributed by atoms with Crippen LogP contribution in [0, 0.1) is 0 Å². The van der Waals surface area contributed by atoms with Crippen LogP contribution in [0.25, 0.3) is 10.2 Å². The number of anilines is 2. The first-order valence-corrected chi connectivity index (χ1v) is 8.27. The van der Waals surface area contributed by atoms with Crippen LogP contribution in [0.2, 0.25) is 5.15 Å². The Hall–Kier alpha value is -2.18. The fourth-order valence-corrected chi connectivity index (χ4v) is 3.32. The molecule has 0 aliphatic rings. The normalized spacial score (nSPS) is 11.1. The van der Waals surface area contributed by atoms with E-state index in [0.717, 1.165) is 15.9 Å². The van der Waals surface area contributed by atoms with E-state index in [0.29, 0.717) is 22.2 Å². The van der Waals surface area contributed by atoms with E-state index < -0.39 is 0 Å². The molecule has 0 atom stereocenters. The molecule has 3 aromatic rings. The molecule has 3 rings (SSSR count). The summed E-state index contributed by atoms with van der Waals surface area (Å²) in [6.07, 6.45) is 1.56. The Morgan fingerprint density at radius 1 is 1.35 bits per heavy atom. The molecule has 0 saturated carbocycles. The van der Waals surface area contributed by atoms with Crippen molar-refractivity contribution >= 4 is 50.4 Å². The maximum absolute atomic E-state index is 12.5. The largest absolute Gasteiger partial charge is 0.397 e. The second-order valence-corrected chi connectivity index (χ2v) is 6.74. The minimum absolute atomic E-state index is 0.237. The van der Waals surface area contributed by atoms with Crippen LogP contribution in [0.1, 0.15) is 35.1 Å². The van der Waals surface area contributed by atoms with Gasteiger partial charge < -0.3 is 11.1 Å². The summed E-state index contributed by atoms with van der Waals surface area (Å²) in [5, 5.41) is 3.77. The fourth-order valence-electron chi connectivity index (χ4n) is 2.16. The van der Waals surface area contributed by atoms with E-state index in [4.69, 9.17) is 17.3 Å². The molecule has 0 aliphatic heterocycles. The van der Waals surface area contributed by atoms with E-state index in [1.807, 2.05) is 12.1 Å². The van der Waals surface area contributed by atoms with Gasteiger partial charge in [-0.15, -0.1) is 11.3 Å². The third-order valence-electron chi connectivity index (χ3n) is 3.42. The maximum Gasteiger partial charge on any atom is 0.268 e. The minimum Gasteiger partial charge on any atom is -0.397 e. The monoisotopic (exact) mass is 346 g/mol. The van der Waals surface area contributed by atoms with Gasteiger partial charge in [0.25, 0.3) is 5.91 Å². The van der Waals surface area contributed by atoms with E-state index in [1.165, 1.54) is 11.3 Å². The van der Waals surface area contributed by atoms with Crippen LogP contribution in [0.5, 0.6) is 0 Å². The first kappa shape index (κ1) is 15.7. The molecular weight excluding hydrogens is 332 g/mol. The summed E-state index contributed by atoms with van der Waals surface area (Å²) >= 11 is 7.24. The van der Waals surface area contributed by atoms with Gasteiger partial charge in [0.1, 0.15) is 9.71 Å². The molecule has 0 spiro atoms.